The molecule has 0 unspecified atom stereocenters. The van der Waals surface area contributed by atoms with E-state index < -0.39 is 5.92 Å². The molecular weight excluding hydrogens is 410 g/mol. The van der Waals surface area contributed by atoms with Gasteiger partial charge in [0.15, 0.2) is 0 Å². The van der Waals surface area contributed by atoms with Gasteiger partial charge in [-0.25, -0.2) is 0 Å². The maximum Gasteiger partial charge on any atom is 0.227 e. The molecule has 0 aliphatic carbocycles. The Balaban J connectivity index is 1.62. The fourth-order valence-corrected chi connectivity index (χ4v) is 3.29. The second-order valence-corrected chi connectivity index (χ2v) is 7.40. The third-order valence-electron chi connectivity index (χ3n) is 4.35. The van der Waals surface area contributed by atoms with E-state index in [-0.39, 0.29) is 24.1 Å². The van der Waals surface area contributed by atoms with Crippen LogP contribution in [0.15, 0.2) is 53.0 Å². The molecular formula is C20H20BrN3O3. The summed E-state index contributed by atoms with van der Waals surface area (Å²) in [7, 11) is 0. The van der Waals surface area contributed by atoms with E-state index in [0.29, 0.717) is 24.5 Å². The van der Waals surface area contributed by atoms with Crippen molar-refractivity contribution in [1.82, 2.24) is 5.32 Å². The summed E-state index contributed by atoms with van der Waals surface area (Å²) in [4.78, 5) is 37.7. The molecule has 2 aromatic rings. The first-order valence-electron chi connectivity index (χ1n) is 8.62. The summed E-state index contributed by atoms with van der Waals surface area (Å²) in [5, 5.41) is 5.60. The highest BCUT2D eigenvalue weighted by Crippen LogP contribution is 2.27. The molecule has 0 spiro atoms. The first-order chi connectivity index (χ1) is 12.9. The Morgan fingerprint density at radius 2 is 1.93 bits per heavy atom. The second kappa shape index (κ2) is 8.35. The van der Waals surface area contributed by atoms with Gasteiger partial charge in [-0.05, 0) is 35.9 Å². The van der Waals surface area contributed by atoms with Gasteiger partial charge in [-0.2, -0.15) is 0 Å². The van der Waals surface area contributed by atoms with E-state index in [1.807, 2.05) is 24.3 Å². The van der Waals surface area contributed by atoms with E-state index in [4.69, 9.17) is 0 Å². The van der Waals surface area contributed by atoms with Gasteiger partial charge in [-0.1, -0.05) is 34.1 Å². The molecule has 7 heteroatoms. The first kappa shape index (κ1) is 19.1. The standard InChI is InChI=1S/C20H20BrN3O3/c1-13(25)23-17-3-2-4-18(10-17)24-12-15(9-19(24)26)20(27)22-11-14-5-7-16(21)8-6-14/h2-8,10,15H,9,11-12H2,1H3,(H,22,27)(H,23,25)/t15-/m0/s1. The van der Waals surface area contributed by atoms with Crippen LogP contribution in [0.4, 0.5) is 11.4 Å². The summed E-state index contributed by atoms with van der Waals surface area (Å²) >= 11 is 3.38. The van der Waals surface area contributed by atoms with Crippen molar-refractivity contribution >= 4 is 45.0 Å². The van der Waals surface area contributed by atoms with Gasteiger partial charge in [-0.3, -0.25) is 14.4 Å². The molecule has 0 bridgehead atoms. The van der Waals surface area contributed by atoms with Gasteiger partial charge in [0.1, 0.15) is 0 Å². The fourth-order valence-electron chi connectivity index (χ4n) is 3.02. The molecule has 1 aliphatic rings. The molecule has 0 radical (unpaired) electrons. The average Bonchev–Trinajstić information content (AvgIpc) is 3.02. The topological polar surface area (TPSA) is 78.5 Å². The van der Waals surface area contributed by atoms with E-state index in [2.05, 4.69) is 26.6 Å². The number of nitrogens with one attached hydrogen (secondary N) is 2. The molecule has 2 N–H and O–H groups in total. The van der Waals surface area contributed by atoms with Crippen LogP contribution in [0.25, 0.3) is 0 Å². The lowest BCUT2D eigenvalue weighted by Gasteiger charge is -2.18. The van der Waals surface area contributed by atoms with Crippen molar-refractivity contribution in [2.24, 2.45) is 5.92 Å². The van der Waals surface area contributed by atoms with E-state index in [1.54, 1.807) is 29.2 Å². The summed E-state index contributed by atoms with van der Waals surface area (Å²) in [6.07, 6.45) is 0.177. The Hall–Kier alpha value is -2.67. The average molecular weight is 430 g/mol. The van der Waals surface area contributed by atoms with Crippen molar-refractivity contribution in [3.05, 3.63) is 58.6 Å². The molecule has 1 saturated heterocycles. The summed E-state index contributed by atoms with van der Waals surface area (Å²) in [5.74, 6) is -0.798. The number of hydrogen-bond acceptors (Lipinski definition) is 3. The molecule has 0 aromatic heterocycles. The van der Waals surface area contributed by atoms with E-state index in [1.165, 1.54) is 6.92 Å². The normalized spacial score (nSPS) is 16.3. The summed E-state index contributed by atoms with van der Waals surface area (Å²) in [5.41, 5.74) is 2.29. The van der Waals surface area contributed by atoms with Gasteiger partial charge < -0.3 is 15.5 Å². The van der Waals surface area contributed by atoms with E-state index >= 15 is 0 Å². The zero-order valence-corrected chi connectivity index (χ0v) is 16.5. The molecule has 1 heterocycles. The molecule has 1 fully saturated rings. The second-order valence-electron chi connectivity index (χ2n) is 6.48. The van der Waals surface area contributed by atoms with Crippen LogP contribution in [0.2, 0.25) is 0 Å². The lowest BCUT2D eigenvalue weighted by Crippen LogP contribution is -2.32. The van der Waals surface area contributed by atoms with Gasteiger partial charge in [0.2, 0.25) is 17.7 Å². The maximum absolute atomic E-state index is 12.5. The number of carbonyl (C=O) groups is 3. The molecule has 0 saturated carbocycles. The molecule has 27 heavy (non-hydrogen) atoms. The van der Waals surface area contributed by atoms with Crippen LogP contribution < -0.4 is 15.5 Å². The van der Waals surface area contributed by atoms with Crippen molar-refractivity contribution < 1.29 is 14.4 Å². The number of rotatable bonds is 5. The molecule has 6 nitrogen and oxygen atoms in total. The van der Waals surface area contributed by atoms with Crippen molar-refractivity contribution in [3.8, 4) is 0 Å². The van der Waals surface area contributed by atoms with Crippen LogP contribution >= 0.6 is 15.9 Å². The van der Waals surface area contributed by atoms with Gasteiger partial charge >= 0.3 is 0 Å². The monoisotopic (exact) mass is 429 g/mol. The van der Waals surface area contributed by atoms with Gasteiger partial charge in [-0.15, -0.1) is 0 Å². The van der Waals surface area contributed by atoms with Crippen LogP contribution in [0, 0.1) is 5.92 Å². The number of anilines is 2. The lowest BCUT2D eigenvalue weighted by atomic mass is 10.1. The maximum atomic E-state index is 12.5. The minimum atomic E-state index is -0.391. The summed E-state index contributed by atoms with van der Waals surface area (Å²) < 4.78 is 0.983. The van der Waals surface area contributed by atoms with Crippen LogP contribution in [0.3, 0.4) is 0 Å². The highest BCUT2D eigenvalue weighted by molar-refractivity contribution is 9.10. The third kappa shape index (κ3) is 4.95. The van der Waals surface area contributed by atoms with E-state index in [9.17, 15) is 14.4 Å². The molecule has 3 rings (SSSR count). The zero-order chi connectivity index (χ0) is 19.4. The van der Waals surface area contributed by atoms with Crippen molar-refractivity contribution in [1.29, 1.82) is 0 Å². The van der Waals surface area contributed by atoms with Gasteiger partial charge in [0.25, 0.3) is 0 Å². The van der Waals surface area contributed by atoms with Crippen molar-refractivity contribution in [3.63, 3.8) is 0 Å². The predicted molar refractivity (Wildman–Crippen MR) is 107 cm³/mol. The lowest BCUT2D eigenvalue weighted by molar-refractivity contribution is -0.126. The minimum absolute atomic E-state index is 0.0984. The summed E-state index contributed by atoms with van der Waals surface area (Å²) in [6, 6.07) is 14.8. The van der Waals surface area contributed by atoms with Crippen molar-refractivity contribution in [2.75, 3.05) is 16.8 Å². The Bertz CT molecular complexity index is 867. The Kier molecular flexibility index (Phi) is 5.91. The first-order valence-corrected chi connectivity index (χ1v) is 9.42. The smallest absolute Gasteiger partial charge is 0.227 e. The van der Waals surface area contributed by atoms with Crippen LogP contribution in [-0.2, 0) is 20.9 Å². The third-order valence-corrected chi connectivity index (χ3v) is 4.88. The van der Waals surface area contributed by atoms with Gasteiger partial charge in [0, 0.05) is 42.3 Å². The van der Waals surface area contributed by atoms with Crippen LogP contribution in [0.5, 0.6) is 0 Å². The zero-order valence-electron chi connectivity index (χ0n) is 14.9. The Labute approximate surface area is 166 Å². The van der Waals surface area contributed by atoms with Crippen LogP contribution in [-0.4, -0.2) is 24.3 Å². The number of halogens is 1. The molecule has 3 amide bonds. The molecule has 1 atom stereocenters. The Morgan fingerprint density at radius 3 is 2.63 bits per heavy atom. The van der Waals surface area contributed by atoms with Gasteiger partial charge in [0.05, 0.1) is 5.92 Å². The number of hydrogen-bond donors (Lipinski definition) is 2. The number of carbonyl (C=O) groups excluding carboxylic acids is 3. The van der Waals surface area contributed by atoms with Crippen LogP contribution in [0.1, 0.15) is 18.9 Å². The molecule has 1 aliphatic heterocycles. The summed E-state index contributed by atoms with van der Waals surface area (Å²) in [6.45, 7) is 2.18. The van der Waals surface area contributed by atoms with E-state index in [0.717, 1.165) is 10.0 Å². The largest absolute Gasteiger partial charge is 0.352 e. The number of amides is 3. The minimum Gasteiger partial charge on any atom is -0.352 e. The molecule has 140 valence electrons. The van der Waals surface area contributed by atoms with Crippen molar-refractivity contribution in [2.45, 2.75) is 19.9 Å². The highest BCUT2D eigenvalue weighted by Gasteiger charge is 2.35. The SMILES string of the molecule is CC(=O)Nc1cccc(N2C[C@@H](C(=O)NCc3ccc(Br)cc3)CC2=O)c1. The number of nitrogens with zero attached hydrogens (tertiary/aromatic N) is 1. The predicted octanol–water partition coefficient (Wildman–Crippen LogP) is 3.08. The Morgan fingerprint density at radius 1 is 1.19 bits per heavy atom. The highest BCUT2D eigenvalue weighted by atomic mass is 79.9. The quantitative estimate of drug-likeness (QED) is 0.766. The fraction of sp³-hybridized carbons (Fsp3) is 0.250. The number of benzene rings is 2. The molecule has 2 aromatic carbocycles.